The van der Waals surface area contributed by atoms with E-state index >= 15 is 0 Å². The van der Waals surface area contributed by atoms with Crippen molar-refractivity contribution >= 4 is 17.7 Å². The molecular formula is C16H16N6O3S. The van der Waals surface area contributed by atoms with Crippen LogP contribution in [-0.2, 0) is 16.6 Å². The molecule has 9 nitrogen and oxygen atoms in total. The molecule has 0 spiro atoms. The van der Waals surface area contributed by atoms with Crippen molar-refractivity contribution in [3.05, 3.63) is 53.0 Å². The predicted octanol–water partition coefficient (Wildman–Crippen LogP) is 1.36. The number of rotatable bonds is 6. The van der Waals surface area contributed by atoms with E-state index in [4.69, 9.17) is 4.74 Å². The average molecular weight is 372 g/mol. The number of carbonyl (C=O) groups is 1. The van der Waals surface area contributed by atoms with Crippen LogP contribution in [0.3, 0.4) is 0 Å². The Kier molecular flexibility index (Phi) is 5.42. The molecule has 0 saturated carbocycles. The number of nitrogens with zero attached hydrogens (tertiary/aromatic N) is 5. The monoisotopic (exact) mass is 372 g/mol. The summed E-state index contributed by atoms with van der Waals surface area (Å²) in [4.78, 5) is 36.2. The summed E-state index contributed by atoms with van der Waals surface area (Å²) < 4.78 is 6.59. The van der Waals surface area contributed by atoms with Crippen LogP contribution in [0.5, 0.6) is 0 Å². The van der Waals surface area contributed by atoms with Gasteiger partial charge in [0.2, 0.25) is 0 Å². The summed E-state index contributed by atoms with van der Waals surface area (Å²) >= 11 is 1.16. The van der Waals surface area contributed by atoms with Crippen molar-refractivity contribution in [1.29, 1.82) is 0 Å². The lowest BCUT2D eigenvalue weighted by Crippen LogP contribution is -2.18. The van der Waals surface area contributed by atoms with Crippen molar-refractivity contribution in [2.75, 3.05) is 5.75 Å². The van der Waals surface area contributed by atoms with Crippen molar-refractivity contribution in [1.82, 2.24) is 29.7 Å². The Morgan fingerprint density at radius 1 is 1.27 bits per heavy atom. The maximum Gasteiger partial charge on any atom is 0.343 e. The third-order valence-electron chi connectivity index (χ3n) is 3.47. The molecule has 0 aromatic carbocycles. The molecule has 1 N–H and O–H groups in total. The molecule has 26 heavy (non-hydrogen) atoms. The first kappa shape index (κ1) is 17.8. The summed E-state index contributed by atoms with van der Waals surface area (Å²) in [6.07, 6.45) is 2.66. The first-order valence-corrected chi connectivity index (χ1v) is 8.71. The highest BCUT2D eigenvalue weighted by Gasteiger charge is 2.18. The van der Waals surface area contributed by atoms with Crippen LogP contribution in [0.15, 0.2) is 46.6 Å². The minimum atomic E-state index is -0.646. The smallest absolute Gasteiger partial charge is 0.343 e. The van der Waals surface area contributed by atoms with Crippen LogP contribution in [-0.4, -0.2) is 41.4 Å². The second-order valence-electron chi connectivity index (χ2n) is 5.31. The van der Waals surface area contributed by atoms with Gasteiger partial charge in [0.05, 0.1) is 17.1 Å². The number of hydrogen-bond donors (Lipinski definition) is 1. The molecule has 3 heterocycles. The van der Waals surface area contributed by atoms with Gasteiger partial charge in [-0.25, -0.2) is 19.9 Å². The number of carbonyl (C=O) groups excluding carboxylic acids is 1. The first-order valence-electron chi connectivity index (χ1n) is 7.72. The summed E-state index contributed by atoms with van der Waals surface area (Å²) in [5.74, 6) is -0.0690. The molecule has 0 aliphatic rings. The van der Waals surface area contributed by atoms with Gasteiger partial charge in [0.1, 0.15) is 0 Å². The molecule has 0 amide bonds. The topological polar surface area (TPSA) is 116 Å². The van der Waals surface area contributed by atoms with E-state index in [1.807, 2.05) is 18.2 Å². The number of pyridine rings is 1. The van der Waals surface area contributed by atoms with Crippen molar-refractivity contribution in [2.45, 2.75) is 18.2 Å². The van der Waals surface area contributed by atoms with E-state index in [0.29, 0.717) is 16.7 Å². The van der Waals surface area contributed by atoms with E-state index in [1.165, 1.54) is 4.57 Å². The molecule has 0 aliphatic heterocycles. The van der Waals surface area contributed by atoms with Gasteiger partial charge in [-0.05, 0) is 25.1 Å². The molecular weight excluding hydrogens is 356 g/mol. The van der Waals surface area contributed by atoms with Crippen LogP contribution >= 0.6 is 11.8 Å². The molecule has 134 valence electrons. The molecule has 10 heteroatoms. The summed E-state index contributed by atoms with van der Waals surface area (Å²) in [5.41, 5.74) is 1.04. The van der Waals surface area contributed by atoms with Gasteiger partial charge in [-0.1, -0.05) is 17.8 Å². The molecule has 3 aromatic heterocycles. The Balaban J connectivity index is 1.59. The summed E-state index contributed by atoms with van der Waals surface area (Å²) in [5, 5.41) is 6.60. The van der Waals surface area contributed by atoms with Crippen molar-refractivity contribution < 1.29 is 9.53 Å². The van der Waals surface area contributed by atoms with Gasteiger partial charge < -0.3 is 4.74 Å². The van der Waals surface area contributed by atoms with E-state index in [9.17, 15) is 9.59 Å². The lowest BCUT2D eigenvalue weighted by Gasteiger charge is -2.11. The van der Waals surface area contributed by atoms with E-state index in [1.54, 1.807) is 32.4 Å². The van der Waals surface area contributed by atoms with Gasteiger partial charge >= 0.3 is 11.7 Å². The third kappa shape index (κ3) is 4.14. The van der Waals surface area contributed by atoms with Gasteiger partial charge in [-0.3, -0.25) is 14.3 Å². The van der Waals surface area contributed by atoms with E-state index < -0.39 is 12.1 Å². The van der Waals surface area contributed by atoms with Gasteiger partial charge in [-0.15, -0.1) is 0 Å². The molecule has 3 rings (SSSR count). The van der Waals surface area contributed by atoms with E-state index in [0.717, 1.165) is 17.5 Å². The normalized spacial score (nSPS) is 11.9. The number of aromatic amines is 1. The second-order valence-corrected chi connectivity index (χ2v) is 6.25. The number of thioether (sulfide) groups is 1. The molecule has 1 unspecified atom stereocenters. The number of hydrogen-bond acceptors (Lipinski definition) is 8. The Hall–Kier alpha value is -3.01. The minimum Gasteiger partial charge on any atom is -0.454 e. The van der Waals surface area contributed by atoms with Crippen LogP contribution in [0.2, 0.25) is 0 Å². The molecule has 0 fully saturated rings. The van der Waals surface area contributed by atoms with Crippen LogP contribution in [0.25, 0.3) is 11.4 Å². The standard InChI is InChI=1S/C16H16N6O3S/c1-10(14-20-21-16(24)22(14)2)25-13(23)9-26-15-18-8-6-12(19-15)11-5-3-4-7-17-11/h3-8,10H,9H2,1-2H3,(H,21,24). The number of H-pyrrole nitrogens is 1. The fourth-order valence-corrected chi connectivity index (χ4v) is 2.81. The second kappa shape index (κ2) is 7.91. The SMILES string of the molecule is CC(OC(=O)CSc1nccc(-c2ccccn2)n1)c1n[nH]c(=O)n1C. The van der Waals surface area contributed by atoms with Crippen LogP contribution in [0.1, 0.15) is 18.9 Å². The van der Waals surface area contributed by atoms with E-state index in [-0.39, 0.29) is 11.4 Å². The van der Waals surface area contributed by atoms with Crippen molar-refractivity contribution in [3.8, 4) is 11.4 Å². The molecule has 3 aromatic rings. The van der Waals surface area contributed by atoms with Crippen molar-refractivity contribution in [3.63, 3.8) is 0 Å². The lowest BCUT2D eigenvalue weighted by atomic mass is 10.3. The highest BCUT2D eigenvalue weighted by molar-refractivity contribution is 7.99. The predicted molar refractivity (Wildman–Crippen MR) is 94.3 cm³/mol. The molecule has 1 atom stereocenters. The molecule has 0 saturated heterocycles. The highest BCUT2D eigenvalue weighted by atomic mass is 32.2. The number of ether oxygens (including phenoxy) is 1. The zero-order valence-electron chi connectivity index (χ0n) is 14.1. The first-order chi connectivity index (χ1) is 12.5. The van der Waals surface area contributed by atoms with Crippen molar-refractivity contribution in [2.24, 2.45) is 7.05 Å². The Morgan fingerprint density at radius 2 is 2.12 bits per heavy atom. The summed E-state index contributed by atoms with van der Waals surface area (Å²) in [6, 6.07) is 7.30. The molecule has 0 radical (unpaired) electrons. The quantitative estimate of drug-likeness (QED) is 0.392. The molecule has 0 bridgehead atoms. The lowest BCUT2D eigenvalue weighted by molar-refractivity contribution is -0.145. The minimum absolute atomic E-state index is 0.0361. The summed E-state index contributed by atoms with van der Waals surface area (Å²) in [6.45, 7) is 1.65. The van der Waals surface area contributed by atoms with E-state index in [2.05, 4.69) is 25.1 Å². The van der Waals surface area contributed by atoms with Gasteiger partial charge in [0.15, 0.2) is 17.1 Å². The zero-order valence-corrected chi connectivity index (χ0v) is 14.9. The van der Waals surface area contributed by atoms with Gasteiger partial charge in [0.25, 0.3) is 0 Å². The maximum atomic E-state index is 12.0. The number of esters is 1. The Morgan fingerprint density at radius 3 is 2.81 bits per heavy atom. The van der Waals surface area contributed by atoms with Gasteiger partial charge in [0, 0.05) is 19.4 Å². The van der Waals surface area contributed by atoms with Crippen LogP contribution in [0.4, 0.5) is 0 Å². The zero-order chi connectivity index (χ0) is 18.5. The summed E-state index contributed by atoms with van der Waals surface area (Å²) in [7, 11) is 1.55. The average Bonchev–Trinajstić information content (AvgIpc) is 3.00. The number of nitrogens with one attached hydrogen (secondary N) is 1. The van der Waals surface area contributed by atoms with Crippen LogP contribution in [0, 0.1) is 0 Å². The van der Waals surface area contributed by atoms with Crippen LogP contribution < -0.4 is 5.69 Å². The Bertz CT molecular complexity index is 956. The van der Waals surface area contributed by atoms with Gasteiger partial charge in [-0.2, -0.15) is 5.10 Å². The third-order valence-corrected chi connectivity index (χ3v) is 4.30. The maximum absolute atomic E-state index is 12.0. The fraction of sp³-hybridized carbons (Fsp3) is 0.250. The Labute approximate surface area is 152 Å². The number of aromatic nitrogens is 6. The highest BCUT2D eigenvalue weighted by Crippen LogP contribution is 2.19. The largest absolute Gasteiger partial charge is 0.454 e. The fourth-order valence-electron chi connectivity index (χ4n) is 2.20. The molecule has 0 aliphatic carbocycles.